The van der Waals surface area contributed by atoms with E-state index < -0.39 is 23.6 Å². The number of benzene rings is 1. The van der Waals surface area contributed by atoms with Crippen molar-refractivity contribution in [2.45, 2.75) is 6.18 Å². The van der Waals surface area contributed by atoms with Gasteiger partial charge in [-0.3, -0.25) is 5.43 Å². The molecule has 0 saturated heterocycles. The number of hydrazine groups is 1. The summed E-state index contributed by atoms with van der Waals surface area (Å²) in [6.45, 7) is 0. The number of para-hydroxylation sites is 1. The fourth-order valence-electron chi connectivity index (χ4n) is 1.47. The quantitative estimate of drug-likeness (QED) is 0.459. The van der Waals surface area contributed by atoms with E-state index in [0.717, 1.165) is 6.07 Å². The Balaban J connectivity index is 2.45. The largest absolute Gasteiger partial charge is 0.433 e. The molecule has 0 unspecified atom stereocenters. The van der Waals surface area contributed by atoms with Crippen molar-refractivity contribution in [3.63, 3.8) is 0 Å². The first-order chi connectivity index (χ1) is 9.81. The van der Waals surface area contributed by atoms with Crippen LogP contribution in [0.4, 0.5) is 35.0 Å². The maximum Gasteiger partial charge on any atom is 0.433 e. The molecule has 0 atom stereocenters. The zero-order valence-electron chi connectivity index (χ0n) is 10.2. The summed E-state index contributed by atoms with van der Waals surface area (Å²) in [5.74, 6) is 3.49. The van der Waals surface area contributed by atoms with Crippen LogP contribution in [-0.4, -0.2) is 9.97 Å². The van der Waals surface area contributed by atoms with Crippen molar-refractivity contribution < 1.29 is 17.6 Å². The minimum Gasteiger partial charge on any atom is -0.336 e. The summed E-state index contributed by atoms with van der Waals surface area (Å²) >= 11 is 5.77. The van der Waals surface area contributed by atoms with Crippen molar-refractivity contribution in [3.05, 3.63) is 40.8 Å². The van der Waals surface area contributed by atoms with Crippen LogP contribution in [0, 0.1) is 5.82 Å². The summed E-state index contributed by atoms with van der Waals surface area (Å²) in [4.78, 5) is 6.83. The van der Waals surface area contributed by atoms with Gasteiger partial charge in [-0.1, -0.05) is 17.7 Å². The van der Waals surface area contributed by atoms with E-state index in [1.54, 1.807) is 0 Å². The molecule has 5 nitrogen and oxygen atoms in total. The second-order valence-corrected chi connectivity index (χ2v) is 4.23. The fraction of sp³-hybridized carbons (Fsp3) is 0.0909. The summed E-state index contributed by atoms with van der Waals surface area (Å²) in [7, 11) is 0. The number of hydrogen-bond donors (Lipinski definition) is 3. The molecule has 112 valence electrons. The monoisotopic (exact) mass is 321 g/mol. The molecule has 0 bridgehead atoms. The lowest BCUT2D eigenvalue weighted by atomic mass is 10.3. The first-order valence-electron chi connectivity index (χ1n) is 5.45. The van der Waals surface area contributed by atoms with Gasteiger partial charge in [0.2, 0.25) is 5.95 Å². The average Bonchev–Trinajstić information content (AvgIpc) is 2.42. The molecule has 1 aromatic heterocycles. The minimum atomic E-state index is -4.70. The molecule has 0 fully saturated rings. The molecule has 0 aliphatic carbocycles. The zero-order chi connectivity index (χ0) is 15.6. The van der Waals surface area contributed by atoms with E-state index in [2.05, 4.69) is 15.3 Å². The number of nitrogen functional groups attached to an aromatic ring is 1. The molecule has 0 radical (unpaired) electrons. The van der Waals surface area contributed by atoms with Gasteiger partial charge in [0.15, 0.2) is 5.69 Å². The molecule has 2 aromatic rings. The van der Waals surface area contributed by atoms with E-state index in [9.17, 15) is 17.6 Å². The highest BCUT2D eigenvalue weighted by Crippen LogP contribution is 2.32. The Hall–Kier alpha value is -2.13. The van der Waals surface area contributed by atoms with Gasteiger partial charge in [-0.05, 0) is 12.1 Å². The molecular formula is C11H8ClF4N5. The molecule has 1 heterocycles. The Labute approximate surface area is 121 Å². The maximum atomic E-state index is 13.6. The normalized spacial score (nSPS) is 11.3. The highest BCUT2D eigenvalue weighted by atomic mass is 35.5. The molecule has 0 amide bonds. The Kier molecular flexibility index (Phi) is 4.14. The van der Waals surface area contributed by atoms with Crippen LogP contribution in [0.5, 0.6) is 0 Å². The van der Waals surface area contributed by atoms with Crippen molar-refractivity contribution in [2.75, 3.05) is 10.7 Å². The molecule has 4 N–H and O–H groups in total. The Morgan fingerprint density at radius 1 is 1.19 bits per heavy atom. The summed E-state index contributed by atoms with van der Waals surface area (Å²) in [5.41, 5.74) is 0.470. The zero-order valence-corrected chi connectivity index (χ0v) is 10.9. The number of alkyl halides is 3. The SMILES string of the molecule is NNc1nc(Nc2c(F)cccc2Cl)cc(C(F)(F)F)n1. The molecule has 21 heavy (non-hydrogen) atoms. The van der Waals surface area contributed by atoms with Crippen molar-refractivity contribution in [3.8, 4) is 0 Å². The van der Waals surface area contributed by atoms with Gasteiger partial charge < -0.3 is 5.32 Å². The second kappa shape index (κ2) is 5.70. The number of rotatable bonds is 3. The van der Waals surface area contributed by atoms with Gasteiger partial charge >= 0.3 is 6.18 Å². The van der Waals surface area contributed by atoms with Gasteiger partial charge in [0.05, 0.1) is 10.7 Å². The van der Waals surface area contributed by atoms with Crippen LogP contribution in [0.25, 0.3) is 0 Å². The van der Waals surface area contributed by atoms with E-state index in [0.29, 0.717) is 6.07 Å². The van der Waals surface area contributed by atoms with Gasteiger partial charge in [-0.2, -0.15) is 18.2 Å². The summed E-state index contributed by atoms with van der Waals surface area (Å²) < 4.78 is 51.7. The standard InChI is InChI=1S/C11H8ClF4N5/c12-5-2-1-3-6(13)9(5)19-8-4-7(11(14,15)16)18-10(20-8)21-17/h1-4H,17H2,(H2,18,19,20,21). The van der Waals surface area contributed by atoms with Gasteiger partial charge in [0, 0.05) is 6.07 Å². The lowest BCUT2D eigenvalue weighted by Gasteiger charge is -2.12. The summed E-state index contributed by atoms with van der Waals surface area (Å²) in [6.07, 6.45) is -4.70. The van der Waals surface area contributed by atoms with Crippen LogP contribution >= 0.6 is 11.6 Å². The highest BCUT2D eigenvalue weighted by molar-refractivity contribution is 6.33. The van der Waals surface area contributed by atoms with Crippen LogP contribution in [-0.2, 0) is 6.18 Å². The number of nitrogens with two attached hydrogens (primary N) is 1. The topological polar surface area (TPSA) is 75.9 Å². The van der Waals surface area contributed by atoms with Crippen LogP contribution in [0.2, 0.25) is 5.02 Å². The van der Waals surface area contributed by atoms with Crippen LogP contribution < -0.4 is 16.6 Å². The van der Waals surface area contributed by atoms with Gasteiger partial charge in [0.25, 0.3) is 0 Å². The van der Waals surface area contributed by atoms with Gasteiger partial charge in [-0.15, -0.1) is 0 Å². The maximum absolute atomic E-state index is 13.6. The Bertz CT molecular complexity index is 641. The second-order valence-electron chi connectivity index (χ2n) is 3.83. The smallest absolute Gasteiger partial charge is 0.336 e. The first kappa shape index (κ1) is 15.3. The molecule has 0 aliphatic rings. The fourth-order valence-corrected chi connectivity index (χ4v) is 1.68. The Morgan fingerprint density at radius 2 is 1.90 bits per heavy atom. The lowest BCUT2D eigenvalue weighted by Crippen LogP contribution is -2.16. The number of aromatic nitrogens is 2. The number of anilines is 3. The minimum absolute atomic E-state index is 0.00979. The lowest BCUT2D eigenvalue weighted by molar-refractivity contribution is -0.141. The predicted octanol–water partition coefficient (Wildman–Crippen LogP) is 3.32. The molecular weight excluding hydrogens is 314 g/mol. The van der Waals surface area contributed by atoms with Gasteiger partial charge in [0.1, 0.15) is 11.6 Å². The molecule has 0 spiro atoms. The molecule has 0 saturated carbocycles. The number of nitrogens with zero attached hydrogens (tertiary/aromatic N) is 2. The predicted molar refractivity (Wildman–Crippen MR) is 69.5 cm³/mol. The van der Waals surface area contributed by atoms with Crippen molar-refractivity contribution in [2.24, 2.45) is 5.84 Å². The third-order valence-electron chi connectivity index (χ3n) is 2.36. The van der Waals surface area contributed by atoms with E-state index in [1.807, 2.05) is 5.43 Å². The highest BCUT2D eigenvalue weighted by Gasteiger charge is 2.33. The number of nitrogens with one attached hydrogen (secondary N) is 2. The molecule has 2 rings (SSSR count). The van der Waals surface area contributed by atoms with E-state index >= 15 is 0 Å². The van der Waals surface area contributed by atoms with E-state index in [1.165, 1.54) is 12.1 Å². The molecule has 1 aromatic carbocycles. The first-order valence-corrected chi connectivity index (χ1v) is 5.83. The molecule has 0 aliphatic heterocycles. The van der Waals surface area contributed by atoms with Crippen molar-refractivity contribution >= 4 is 29.1 Å². The van der Waals surface area contributed by atoms with Crippen molar-refractivity contribution in [1.29, 1.82) is 0 Å². The van der Waals surface area contributed by atoms with E-state index in [-0.39, 0.29) is 16.5 Å². The summed E-state index contributed by atoms with van der Waals surface area (Å²) in [5, 5.41) is 2.36. The third-order valence-corrected chi connectivity index (χ3v) is 2.68. The molecule has 10 heteroatoms. The van der Waals surface area contributed by atoms with Gasteiger partial charge in [-0.25, -0.2) is 15.2 Å². The summed E-state index contributed by atoms with van der Waals surface area (Å²) in [6, 6.07) is 4.45. The number of hydrogen-bond acceptors (Lipinski definition) is 5. The van der Waals surface area contributed by atoms with Crippen molar-refractivity contribution in [1.82, 2.24) is 9.97 Å². The third kappa shape index (κ3) is 3.50. The van der Waals surface area contributed by atoms with Crippen LogP contribution in [0.1, 0.15) is 5.69 Å². The average molecular weight is 322 g/mol. The Morgan fingerprint density at radius 3 is 2.48 bits per heavy atom. The van der Waals surface area contributed by atoms with E-state index in [4.69, 9.17) is 17.4 Å². The van der Waals surface area contributed by atoms with Crippen LogP contribution in [0.15, 0.2) is 24.3 Å². The number of halogens is 5. The van der Waals surface area contributed by atoms with Crippen LogP contribution in [0.3, 0.4) is 0 Å².